The molecule has 0 radical (unpaired) electrons. The molecule has 0 fully saturated rings. The first kappa shape index (κ1) is 24.9. The molecule has 0 amide bonds. The summed E-state index contributed by atoms with van der Waals surface area (Å²) in [5.41, 5.74) is -3.13. The maximum Gasteiger partial charge on any atom is 0.460 e. The molecule has 29 heavy (non-hydrogen) atoms. The summed E-state index contributed by atoms with van der Waals surface area (Å²) >= 11 is 0. The van der Waals surface area contributed by atoms with Crippen molar-refractivity contribution in [1.29, 1.82) is 5.26 Å². The number of nitrogens with zero attached hydrogens (tertiary/aromatic N) is 1. The van der Waals surface area contributed by atoms with Crippen LogP contribution in [0.25, 0.3) is 0 Å². The molecule has 13 heteroatoms. The number of halogens is 11. The molecule has 0 saturated heterocycles. The third kappa shape index (κ3) is 3.99. The average molecular weight is 443 g/mol. The number of nitriles is 1. The Morgan fingerprint density at radius 1 is 0.862 bits per heavy atom. The van der Waals surface area contributed by atoms with Crippen molar-refractivity contribution >= 4 is 0 Å². The van der Waals surface area contributed by atoms with Crippen molar-refractivity contribution in [2.45, 2.75) is 48.8 Å². The van der Waals surface area contributed by atoms with E-state index < -0.39 is 47.5 Å². The smallest absolute Gasteiger partial charge is 0.374 e. The summed E-state index contributed by atoms with van der Waals surface area (Å²) in [5.74, 6) is -28.1. The Morgan fingerprint density at radius 2 is 1.38 bits per heavy atom. The number of hydrogen-bond donors (Lipinski definition) is 0. The van der Waals surface area contributed by atoms with E-state index in [1.807, 2.05) is 0 Å². The second-order valence-corrected chi connectivity index (χ2v) is 6.23. The van der Waals surface area contributed by atoms with Gasteiger partial charge in [-0.3, -0.25) is 0 Å². The zero-order valence-corrected chi connectivity index (χ0v) is 14.5. The molecular weight excluding hydrogens is 431 g/mol. The fourth-order valence-corrected chi connectivity index (χ4v) is 2.35. The second-order valence-electron chi connectivity index (χ2n) is 6.23. The zero-order chi connectivity index (χ0) is 23.1. The van der Waals surface area contributed by atoms with Gasteiger partial charge in [0.15, 0.2) is 0 Å². The molecule has 1 atom stereocenters. The molecule has 0 saturated carbocycles. The normalized spacial score (nSPS) is 16.3. The van der Waals surface area contributed by atoms with Crippen LogP contribution in [0.5, 0.6) is 0 Å². The molecule has 0 aromatic heterocycles. The molecule has 0 aliphatic carbocycles. The van der Waals surface area contributed by atoms with Crippen LogP contribution in [0.3, 0.4) is 0 Å². The van der Waals surface area contributed by atoms with Crippen molar-refractivity contribution in [2.75, 3.05) is 7.11 Å². The summed E-state index contributed by atoms with van der Waals surface area (Å²) in [6.45, 7) is 0.688. The molecule has 1 aromatic rings. The Kier molecular flexibility index (Phi) is 6.28. The molecule has 0 N–H and O–H groups in total. The van der Waals surface area contributed by atoms with Gasteiger partial charge in [0.2, 0.25) is 0 Å². The maximum absolute atomic E-state index is 14.1. The lowest BCUT2D eigenvalue weighted by atomic mass is 9.84. The Hall–Kier alpha value is -2.10. The fourth-order valence-electron chi connectivity index (χ4n) is 2.35. The van der Waals surface area contributed by atoms with Crippen molar-refractivity contribution in [3.63, 3.8) is 0 Å². The minimum absolute atomic E-state index is 0.171. The van der Waals surface area contributed by atoms with E-state index in [0.29, 0.717) is 14.0 Å². The van der Waals surface area contributed by atoms with Crippen molar-refractivity contribution in [1.82, 2.24) is 0 Å². The number of methoxy groups -OCH3 is 1. The molecule has 0 heterocycles. The van der Waals surface area contributed by atoms with Gasteiger partial charge in [-0.15, -0.1) is 0 Å². The number of ether oxygens (including phenoxy) is 1. The first-order valence-electron chi connectivity index (χ1n) is 7.44. The van der Waals surface area contributed by atoms with Crippen LogP contribution in [-0.4, -0.2) is 37.0 Å². The first-order valence-corrected chi connectivity index (χ1v) is 7.44. The van der Waals surface area contributed by atoms with E-state index in [4.69, 9.17) is 5.26 Å². The van der Waals surface area contributed by atoms with Crippen LogP contribution in [0.15, 0.2) is 24.3 Å². The summed E-state index contributed by atoms with van der Waals surface area (Å²) in [7, 11) is 0.690. The molecule has 0 spiro atoms. The van der Waals surface area contributed by atoms with E-state index in [-0.39, 0.29) is 5.56 Å². The number of benzene rings is 1. The number of rotatable bonds is 7. The Morgan fingerprint density at radius 3 is 1.79 bits per heavy atom. The quantitative estimate of drug-likeness (QED) is 0.491. The summed E-state index contributed by atoms with van der Waals surface area (Å²) in [6, 6.07) is 5.72. The molecule has 2 nitrogen and oxygen atoms in total. The van der Waals surface area contributed by atoms with Gasteiger partial charge in [0, 0.05) is 7.11 Å². The first-order chi connectivity index (χ1) is 12.8. The predicted octanol–water partition coefficient (Wildman–Crippen LogP) is 5.91. The van der Waals surface area contributed by atoms with E-state index in [1.54, 1.807) is 6.07 Å². The van der Waals surface area contributed by atoms with Crippen LogP contribution in [0.2, 0.25) is 0 Å². The van der Waals surface area contributed by atoms with Gasteiger partial charge < -0.3 is 4.74 Å². The third-order valence-corrected chi connectivity index (χ3v) is 4.22. The molecule has 1 aromatic carbocycles. The zero-order valence-electron chi connectivity index (χ0n) is 14.5. The van der Waals surface area contributed by atoms with Crippen LogP contribution >= 0.6 is 0 Å². The highest BCUT2D eigenvalue weighted by molar-refractivity contribution is 5.35. The summed E-state index contributed by atoms with van der Waals surface area (Å²) in [5, 5.41) is 8.79. The monoisotopic (exact) mass is 443 g/mol. The maximum atomic E-state index is 14.1. The fraction of sp³-hybridized carbons (Fsp3) is 0.562. The van der Waals surface area contributed by atoms with Gasteiger partial charge in [0.1, 0.15) is 0 Å². The van der Waals surface area contributed by atoms with Gasteiger partial charge in [-0.25, -0.2) is 0 Å². The third-order valence-electron chi connectivity index (χ3n) is 4.22. The van der Waals surface area contributed by atoms with Gasteiger partial charge in [0.25, 0.3) is 0 Å². The molecule has 0 aliphatic heterocycles. The van der Waals surface area contributed by atoms with Crippen LogP contribution in [-0.2, 0) is 10.3 Å². The highest BCUT2D eigenvalue weighted by Gasteiger charge is 2.87. The Labute approximate surface area is 156 Å². The number of hydrogen-bond acceptors (Lipinski definition) is 2. The lowest BCUT2D eigenvalue weighted by Crippen LogP contribution is -2.67. The van der Waals surface area contributed by atoms with Crippen LogP contribution < -0.4 is 0 Å². The average Bonchev–Trinajstić information content (AvgIpc) is 2.59. The van der Waals surface area contributed by atoms with Crippen molar-refractivity contribution in [2.24, 2.45) is 0 Å². The summed E-state index contributed by atoms with van der Waals surface area (Å²) in [6.07, 6.45) is -9.62. The Balaban J connectivity index is 3.46. The predicted molar refractivity (Wildman–Crippen MR) is 76.0 cm³/mol. The largest absolute Gasteiger partial charge is 0.460 e. The molecular formula is C16H12F11NO. The Bertz CT molecular complexity index is 782. The highest BCUT2D eigenvalue weighted by Crippen LogP contribution is 2.59. The SMILES string of the molecule is COC(C)(CC(F)(F)C(F)(F)C(F)(F)C(F)(F)C(F)(F)F)c1cccc(C#N)c1. The summed E-state index contributed by atoms with van der Waals surface area (Å²) in [4.78, 5) is 0. The van der Waals surface area contributed by atoms with Gasteiger partial charge >= 0.3 is 29.9 Å². The second kappa shape index (κ2) is 7.30. The van der Waals surface area contributed by atoms with Crippen LogP contribution in [0.1, 0.15) is 24.5 Å². The summed E-state index contributed by atoms with van der Waals surface area (Å²) < 4.78 is 149. The van der Waals surface area contributed by atoms with Crippen LogP contribution in [0, 0.1) is 11.3 Å². The minimum atomic E-state index is -7.48. The lowest BCUT2D eigenvalue weighted by molar-refractivity contribution is -0.424. The van der Waals surface area contributed by atoms with E-state index in [0.717, 1.165) is 18.2 Å². The molecule has 1 unspecified atom stereocenters. The van der Waals surface area contributed by atoms with E-state index in [1.165, 1.54) is 6.07 Å². The van der Waals surface area contributed by atoms with Crippen molar-refractivity contribution in [3.05, 3.63) is 35.4 Å². The van der Waals surface area contributed by atoms with E-state index in [9.17, 15) is 48.3 Å². The highest BCUT2D eigenvalue weighted by atomic mass is 19.4. The van der Waals surface area contributed by atoms with Crippen LogP contribution in [0.4, 0.5) is 48.3 Å². The van der Waals surface area contributed by atoms with Crippen molar-refractivity contribution in [3.8, 4) is 6.07 Å². The standard InChI is InChI=1S/C16H12F11NO/c1-11(29-2,10-5-3-4-9(6-10)7-28)8-12(17,18)13(19,20)14(21,22)15(23,24)16(25,26)27/h3-6H,8H2,1-2H3. The van der Waals surface area contributed by atoms with Crippen molar-refractivity contribution < 1.29 is 53.0 Å². The van der Waals surface area contributed by atoms with Gasteiger partial charge in [0.05, 0.1) is 23.7 Å². The molecule has 164 valence electrons. The lowest BCUT2D eigenvalue weighted by Gasteiger charge is -2.40. The van der Waals surface area contributed by atoms with Gasteiger partial charge in [-0.2, -0.15) is 53.6 Å². The molecule has 1 rings (SSSR count). The molecule has 0 aliphatic rings. The van der Waals surface area contributed by atoms with Gasteiger partial charge in [-0.05, 0) is 24.6 Å². The van der Waals surface area contributed by atoms with E-state index in [2.05, 4.69) is 4.74 Å². The minimum Gasteiger partial charge on any atom is -0.374 e. The van der Waals surface area contributed by atoms with Gasteiger partial charge in [-0.1, -0.05) is 12.1 Å². The molecule has 0 bridgehead atoms. The topological polar surface area (TPSA) is 33.0 Å². The number of alkyl halides is 11. The van der Waals surface area contributed by atoms with E-state index >= 15 is 0 Å².